The van der Waals surface area contributed by atoms with E-state index in [1.54, 1.807) is 42.5 Å². The number of aliphatic hydroxyl groups is 1. The Hall–Kier alpha value is -4.40. The number of carbonyl (C=O) groups excluding carboxylic acids is 3. The lowest BCUT2D eigenvalue weighted by atomic mass is 9.74. The van der Waals surface area contributed by atoms with Gasteiger partial charge in [-0.05, 0) is 60.7 Å². The number of pyridine rings is 1. The topological polar surface area (TPSA) is 135 Å². The zero-order valence-corrected chi connectivity index (χ0v) is 24.2. The molecule has 12 heteroatoms. The van der Waals surface area contributed by atoms with Crippen molar-refractivity contribution in [2.24, 2.45) is 0 Å². The molecule has 1 unspecified atom stereocenters. The van der Waals surface area contributed by atoms with Crippen molar-refractivity contribution >= 4 is 40.8 Å². The third kappa shape index (κ3) is 5.29. The van der Waals surface area contributed by atoms with Crippen molar-refractivity contribution in [2.45, 2.75) is 67.5 Å². The fourth-order valence-corrected chi connectivity index (χ4v) is 6.46. The molecule has 6 rings (SSSR count). The van der Waals surface area contributed by atoms with Gasteiger partial charge in [-0.2, -0.15) is 5.26 Å². The summed E-state index contributed by atoms with van der Waals surface area (Å²) in [6.45, 7) is 0. The first-order valence-corrected chi connectivity index (χ1v) is 14.6. The minimum absolute atomic E-state index is 0.0252. The second-order valence-electron chi connectivity index (χ2n) is 11.7. The first kappa shape index (κ1) is 29.7. The summed E-state index contributed by atoms with van der Waals surface area (Å²) in [5, 5.41) is 25.9. The lowest BCUT2D eigenvalue weighted by molar-refractivity contribution is -0.136. The van der Waals surface area contributed by atoms with E-state index in [2.05, 4.69) is 15.6 Å². The highest BCUT2D eigenvalue weighted by Crippen LogP contribution is 2.49. The number of nitrogens with one attached hydrogen (secondary N) is 2. The molecular formula is C32H28ClF2N5O4. The second kappa shape index (κ2) is 10.9. The van der Waals surface area contributed by atoms with Gasteiger partial charge in [0.15, 0.2) is 0 Å². The zero-order valence-electron chi connectivity index (χ0n) is 23.4. The van der Waals surface area contributed by atoms with E-state index in [1.807, 2.05) is 6.07 Å². The number of hydrogen-bond acceptors (Lipinski definition) is 6. The van der Waals surface area contributed by atoms with Crippen LogP contribution in [-0.4, -0.2) is 45.3 Å². The molecule has 44 heavy (non-hydrogen) atoms. The molecule has 3 N–H and O–H groups in total. The Bertz CT molecular complexity index is 1700. The molecule has 1 aliphatic heterocycles. The van der Waals surface area contributed by atoms with Gasteiger partial charge in [-0.3, -0.25) is 19.3 Å². The predicted molar refractivity (Wildman–Crippen MR) is 157 cm³/mol. The van der Waals surface area contributed by atoms with Crippen LogP contribution in [0.5, 0.6) is 0 Å². The molecule has 1 saturated heterocycles. The Balaban J connectivity index is 1.50. The van der Waals surface area contributed by atoms with Crippen LogP contribution in [0.2, 0.25) is 5.02 Å². The van der Waals surface area contributed by atoms with Gasteiger partial charge >= 0.3 is 0 Å². The van der Waals surface area contributed by atoms with E-state index in [-0.39, 0.29) is 34.8 Å². The predicted octanol–water partition coefficient (Wildman–Crippen LogP) is 4.79. The van der Waals surface area contributed by atoms with Crippen molar-refractivity contribution in [2.75, 3.05) is 10.2 Å². The molecule has 9 nitrogen and oxygen atoms in total. The van der Waals surface area contributed by atoms with Gasteiger partial charge < -0.3 is 15.7 Å². The molecule has 3 aromatic rings. The van der Waals surface area contributed by atoms with Crippen LogP contribution in [0.4, 0.5) is 20.3 Å². The number of nitriles is 1. The van der Waals surface area contributed by atoms with E-state index in [9.17, 15) is 33.5 Å². The molecular weight excluding hydrogens is 592 g/mol. The van der Waals surface area contributed by atoms with Crippen LogP contribution >= 0.6 is 11.6 Å². The molecule has 226 valence electrons. The molecule has 2 aromatic carbocycles. The second-order valence-corrected chi connectivity index (χ2v) is 12.1. The van der Waals surface area contributed by atoms with Crippen molar-refractivity contribution in [1.29, 1.82) is 5.26 Å². The molecule has 2 saturated carbocycles. The molecule has 0 radical (unpaired) electrons. The van der Waals surface area contributed by atoms with Crippen LogP contribution < -0.4 is 15.5 Å². The third-order valence-corrected chi connectivity index (χ3v) is 8.98. The SMILES string of the molecule is N#Cc1ccnc(N2C(=O)CCC2(C(=O)Nc2cccc(C3(O)CC3)c2)[C@@H](C(=O)NC2CC(F)(F)C2)c2ccccc2Cl)c1. The average molecular weight is 620 g/mol. The maximum absolute atomic E-state index is 14.7. The number of hydrogen-bond donors (Lipinski definition) is 3. The minimum Gasteiger partial charge on any atom is -0.385 e. The Labute approximate surface area is 256 Å². The van der Waals surface area contributed by atoms with Crippen LogP contribution in [-0.2, 0) is 20.0 Å². The summed E-state index contributed by atoms with van der Waals surface area (Å²) < 4.78 is 27.5. The number of halogens is 3. The molecule has 1 aromatic heterocycles. The highest BCUT2D eigenvalue weighted by Gasteiger charge is 2.61. The molecule has 2 aliphatic carbocycles. The first-order chi connectivity index (χ1) is 21.0. The van der Waals surface area contributed by atoms with E-state index in [0.29, 0.717) is 24.1 Å². The van der Waals surface area contributed by atoms with Crippen LogP contribution in [0.25, 0.3) is 0 Å². The number of aromatic nitrogens is 1. The Morgan fingerprint density at radius 1 is 1.09 bits per heavy atom. The zero-order chi connectivity index (χ0) is 31.3. The number of alkyl halides is 2. The van der Waals surface area contributed by atoms with Gasteiger partial charge in [0.05, 0.1) is 23.2 Å². The normalized spacial score (nSPS) is 22.4. The highest BCUT2D eigenvalue weighted by atomic mass is 35.5. The monoisotopic (exact) mass is 619 g/mol. The number of rotatable bonds is 8. The largest absolute Gasteiger partial charge is 0.385 e. The maximum atomic E-state index is 14.7. The molecule has 3 fully saturated rings. The van der Waals surface area contributed by atoms with Gasteiger partial charge in [0.25, 0.3) is 11.8 Å². The Morgan fingerprint density at radius 3 is 2.52 bits per heavy atom. The average Bonchev–Trinajstić information content (AvgIpc) is 3.65. The molecule has 0 bridgehead atoms. The van der Waals surface area contributed by atoms with Crippen LogP contribution in [0, 0.1) is 11.3 Å². The van der Waals surface area contributed by atoms with Crippen molar-refractivity contribution < 1.29 is 28.3 Å². The minimum atomic E-state index is -2.92. The summed E-state index contributed by atoms with van der Waals surface area (Å²) in [5.41, 5.74) is -1.65. The van der Waals surface area contributed by atoms with Crippen molar-refractivity contribution in [1.82, 2.24) is 10.3 Å². The summed E-state index contributed by atoms with van der Waals surface area (Å²) in [6, 6.07) is 17.0. The van der Waals surface area contributed by atoms with Gasteiger partial charge in [0.1, 0.15) is 11.4 Å². The number of benzene rings is 2. The molecule has 2 heterocycles. The molecule has 3 aliphatic rings. The van der Waals surface area contributed by atoms with E-state index in [4.69, 9.17) is 11.6 Å². The van der Waals surface area contributed by atoms with E-state index in [0.717, 1.165) is 4.90 Å². The van der Waals surface area contributed by atoms with Crippen LogP contribution in [0.15, 0.2) is 66.9 Å². The summed E-state index contributed by atoms with van der Waals surface area (Å²) in [7, 11) is 0. The standard InChI is InChI=1S/C32H28ClF2N5O4/c33-24-7-2-1-6-23(24)27(28(42)38-22-16-31(34,35)17-22)32(10-8-26(41)40(32)25-14-19(18-36)9-13-37-25)29(43)39-21-5-3-4-20(15-21)30(44)11-12-30/h1-7,9,13-15,22,27,44H,8,10-12,16-17H2,(H,38,42)(H,39,43)/t27-,32?/m1/s1. The van der Waals surface area contributed by atoms with Gasteiger partial charge in [-0.15, -0.1) is 0 Å². The Morgan fingerprint density at radius 2 is 1.84 bits per heavy atom. The van der Waals surface area contributed by atoms with E-state index < -0.39 is 59.6 Å². The van der Waals surface area contributed by atoms with Crippen molar-refractivity contribution in [3.8, 4) is 6.07 Å². The summed E-state index contributed by atoms with van der Waals surface area (Å²) in [4.78, 5) is 48.0. The molecule has 0 spiro atoms. The number of carbonyl (C=O) groups is 3. The fourth-order valence-electron chi connectivity index (χ4n) is 6.21. The fraction of sp³-hybridized carbons (Fsp3) is 0.344. The maximum Gasteiger partial charge on any atom is 0.252 e. The van der Waals surface area contributed by atoms with Gasteiger partial charge in [-0.1, -0.05) is 41.9 Å². The van der Waals surface area contributed by atoms with Crippen molar-refractivity contribution in [3.05, 3.63) is 88.6 Å². The smallest absolute Gasteiger partial charge is 0.252 e. The van der Waals surface area contributed by atoms with Gasteiger partial charge in [-0.25, -0.2) is 13.8 Å². The number of amides is 3. The molecule has 2 atom stereocenters. The van der Waals surface area contributed by atoms with Gasteiger partial charge in [0, 0.05) is 42.2 Å². The first-order valence-electron chi connectivity index (χ1n) is 14.2. The highest BCUT2D eigenvalue weighted by molar-refractivity contribution is 6.32. The van der Waals surface area contributed by atoms with Gasteiger partial charge in [0.2, 0.25) is 11.8 Å². The summed E-state index contributed by atoms with van der Waals surface area (Å²) in [5.74, 6) is -6.43. The summed E-state index contributed by atoms with van der Waals surface area (Å²) >= 11 is 6.63. The Kier molecular flexibility index (Phi) is 7.38. The third-order valence-electron chi connectivity index (χ3n) is 8.64. The molecule has 3 amide bonds. The number of anilines is 2. The van der Waals surface area contributed by atoms with E-state index >= 15 is 0 Å². The van der Waals surface area contributed by atoms with Crippen LogP contribution in [0.3, 0.4) is 0 Å². The number of nitrogens with zero attached hydrogens (tertiary/aromatic N) is 3. The van der Waals surface area contributed by atoms with Crippen LogP contribution in [0.1, 0.15) is 61.1 Å². The van der Waals surface area contributed by atoms with E-state index in [1.165, 1.54) is 24.4 Å². The summed E-state index contributed by atoms with van der Waals surface area (Å²) in [6.07, 6.45) is 1.06. The lowest BCUT2D eigenvalue weighted by Gasteiger charge is -2.43. The quantitative estimate of drug-likeness (QED) is 0.332. The van der Waals surface area contributed by atoms with Crippen molar-refractivity contribution in [3.63, 3.8) is 0 Å². The lowest BCUT2D eigenvalue weighted by Crippen LogP contribution is -2.63.